The smallest absolute Gasteiger partial charge is 0.148 e. The molecule has 1 saturated heterocycles. The number of halogens is 1. The Morgan fingerprint density at radius 2 is 2.47 bits per heavy atom. The van der Waals surface area contributed by atoms with Crippen molar-refractivity contribution < 1.29 is 0 Å². The molecule has 1 aliphatic rings. The molecule has 1 unspecified atom stereocenters. The zero-order valence-electron chi connectivity index (χ0n) is 9.99. The maximum atomic E-state index is 8.96. The summed E-state index contributed by atoms with van der Waals surface area (Å²) in [6.45, 7) is 4.20. The van der Waals surface area contributed by atoms with Crippen LogP contribution in [0.3, 0.4) is 0 Å². The zero-order chi connectivity index (χ0) is 12.3. The van der Waals surface area contributed by atoms with E-state index < -0.39 is 0 Å². The first kappa shape index (κ1) is 12.2. The van der Waals surface area contributed by atoms with Gasteiger partial charge in [-0.2, -0.15) is 5.26 Å². The highest BCUT2D eigenvalue weighted by Crippen LogP contribution is 2.30. The van der Waals surface area contributed by atoms with Crippen LogP contribution in [0.1, 0.15) is 31.7 Å². The van der Waals surface area contributed by atoms with Crippen LogP contribution in [-0.2, 0) is 0 Å². The van der Waals surface area contributed by atoms with E-state index in [1.54, 1.807) is 12.3 Å². The lowest BCUT2D eigenvalue weighted by atomic mass is 9.95. The molecule has 0 aromatic carbocycles. The Morgan fingerprint density at radius 1 is 1.65 bits per heavy atom. The van der Waals surface area contributed by atoms with Gasteiger partial charge in [0, 0.05) is 19.3 Å². The van der Waals surface area contributed by atoms with Gasteiger partial charge < -0.3 is 4.90 Å². The Balaban J connectivity index is 2.25. The van der Waals surface area contributed by atoms with Crippen LogP contribution in [0.5, 0.6) is 0 Å². The molecule has 1 aromatic heterocycles. The van der Waals surface area contributed by atoms with Crippen molar-refractivity contribution in [2.45, 2.75) is 26.2 Å². The van der Waals surface area contributed by atoms with Gasteiger partial charge in [-0.3, -0.25) is 0 Å². The summed E-state index contributed by atoms with van der Waals surface area (Å²) in [5.41, 5.74) is 0.510. The predicted octanol–water partition coefficient (Wildman–Crippen LogP) is 3.23. The number of piperidine rings is 1. The molecule has 90 valence electrons. The number of hydrogen-bond acceptors (Lipinski definition) is 3. The van der Waals surface area contributed by atoms with E-state index in [9.17, 15) is 0 Å². The summed E-state index contributed by atoms with van der Waals surface area (Å²) in [4.78, 5) is 6.53. The molecule has 3 nitrogen and oxygen atoms in total. The Bertz CT molecular complexity index is 439. The van der Waals surface area contributed by atoms with E-state index in [0.717, 1.165) is 18.9 Å². The second-order valence-corrected chi connectivity index (χ2v) is 4.85. The molecule has 1 fully saturated rings. The average molecular weight is 250 g/mol. The predicted molar refractivity (Wildman–Crippen MR) is 69.2 cm³/mol. The molecule has 0 amide bonds. The molecule has 0 spiro atoms. The van der Waals surface area contributed by atoms with Crippen LogP contribution in [-0.4, -0.2) is 18.1 Å². The standard InChI is InChI=1S/C13H16ClN3/c1-2-10-4-3-7-17(9-10)13-12(14)11(8-15)5-6-16-13/h5-6,10H,2-4,7,9H2,1H3. The van der Waals surface area contributed by atoms with Crippen molar-refractivity contribution in [2.75, 3.05) is 18.0 Å². The topological polar surface area (TPSA) is 39.9 Å². The quantitative estimate of drug-likeness (QED) is 0.808. The van der Waals surface area contributed by atoms with Gasteiger partial charge in [0.15, 0.2) is 0 Å². The highest BCUT2D eigenvalue weighted by atomic mass is 35.5. The van der Waals surface area contributed by atoms with E-state index in [1.807, 2.05) is 0 Å². The number of nitriles is 1. The number of rotatable bonds is 2. The molecular formula is C13H16ClN3. The second-order valence-electron chi connectivity index (χ2n) is 4.47. The number of aromatic nitrogens is 1. The van der Waals surface area contributed by atoms with Gasteiger partial charge in [0.05, 0.1) is 5.56 Å². The summed E-state index contributed by atoms with van der Waals surface area (Å²) in [5.74, 6) is 1.48. The minimum atomic E-state index is 0.492. The third-order valence-electron chi connectivity index (χ3n) is 3.39. The first-order chi connectivity index (χ1) is 8.26. The SMILES string of the molecule is CCC1CCCN(c2nccc(C#N)c2Cl)C1. The Morgan fingerprint density at radius 3 is 3.18 bits per heavy atom. The van der Waals surface area contributed by atoms with Gasteiger partial charge in [-0.15, -0.1) is 0 Å². The summed E-state index contributed by atoms with van der Waals surface area (Å²) in [5, 5.41) is 9.45. The van der Waals surface area contributed by atoms with Gasteiger partial charge in [-0.05, 0) is 24.8 Å². The molecule has 1 aliphatic heterocycles. The molecule has 0 aliphatic carbocycles. The molecule has 2 heterocycles. The van der Waals surface area contributed by atoms with Crippen LogP contribution in [0.15, 0.2) is 12.3 Å². The fourth-order valence-electron chi connectivity index (χ4n) is 2.33. The van der Waals surface area contributed by atoms with Gasteiger partial charge >= 0.3 is 0 Å². The third kappa shape index (κ3) is 2.53. The minimum absolute atomic E-state index is 0.492. The Hall–Kier alpha value is -1.27. The summed E-state index contributed by atoms with van der Waals surface area (Å²) >= 11 is 6.21. The van der Waals surface area contributed by atoms with E-state index in [4.69, 9.17) is 16.9 Å². The van der Waals surface area contributed by atoms with Crippen LogP contribution < -0.4 is 4.90 Å². The molecule has 4 heteroatoms. The molecule has 0 saturated carbocycles. The van der Waals surface area contributed by atoms with Crippen molar-refractivity contribution in [1.29, 1.82) is 5.26 Å². The number of pyridine rings is 1. The minimum Gasteiger partial charge on any atom is -0.355 e. The lowest BCUT2D eigenvalue weighted by Gasteiger charge is -2.33. The fourth-order valence-corrected chi connectivity index (χ4v) is 2.60. The van der Waals surface area contributed by atoms with Gasteiger partial charge in [0.25, 0.3) is 0 Å². The fraction of sp³-hybridized carbons (Fsp3) is 0.538. The van der Waals surface area contributed by atoms with Crippen molar-refractivity contribution in [3.63, 3.8) is 0 Å². The third-order valence-corrected chi connectivity index (χ3v) is 3.76. The van der Waals surface area contributed by atoms with Gasteiger partial charge in [-0.25, -0.2) is 4.98 Å². The summed E-state index contributed by atoms with van der Waals surface area (Å²) in [7, 11) is 0. The van der Waals surface area contributed by atoms with Crippen LogP contribution >= 0.6 is 11.6 Å². The maximum absolute atomic E-state index is 8.96. The summed E-state index contributed by atoms with van der Waals surface area (Å²) < 4.78 is 0. The van der Waals surface area contributed by atoms with Crippen molar-refractivity contribution in [2.24, 2.45) is 5.92 Å². The molecule has 1 atom stereocenters. The first-order valence-electron chi connectivity index (χ1n) is 6.05. The molecule has 0 radical (unpaired) electrons. The summed E-state index contributed by atoms with van der Waals surface area (Å²) in [6.07, 6.45) is 5.30. The molecule has 1 aromatic rings. The van der Waals surface area contributed by atoms with Crippen LogP contribution in [0.2, 0.25) is 5.02 Å². The molecule has 2 rings (SSSR count). The van der Waals surface area contributed by atoms with Gasteiger partial charge in [-0.1, -0.05) is 24.9 Å². The highest BCUT2D eigenvalue weighted by Gasteiger charge is 2.22. The lowest BCUT2D eigenvalue weighted by molar-refractivity contribution is 0.403. The van der Waals surface area contributed by atoms with E-state index in [-0.39, 0.29) is 0 Å². The van der Waals surface area contributed by atoms with Crippen LogP contribution in [0, 0.1) is 17.2 Å². The first-order valence-corrected chi connectivity index (χ1v) is 6.43. The lowest BCUT2D eigenvalue weighted by Crippen LogP contribution is -2.35. The van der Waals surface area contributed by atoms with Crippen molar-refractivity contribution in [3.8, 4) is 6.07 Å². The van der Waals surface area contributed by atoms with Crippen molar-refractivity contribution >= 4 is 17.4 Å². The Kier molecular flexibility index (Phi) is 3.86. The Labute approximate surface area is 107 Å². The molecule has 17 heavy (non-hydrogen) atoms. The number of nitrogens with zero attached hydrogens (tertiary/aromatic N) is 3. The van der Waals surface area contributed by atoms with Crippen LogP contribution in [0.4, 0.5) is 5.82 Å². The van der Waals surface area contributed by atoms with Gasteiger partial charge in [0.1, 0.15) is 16.9 Å². The van der Waals surface area contributed by atoms with E-state index in [1.165, 1.54) is 19.3 Å². The van der Waals surface area contributed by atoms with Crippen molar-refractivity contribution in [3.05, 3.63) is 22.8 Å². The van der Waals surface area contributed by atoms with E-state index >= 15 is 0 Å². The van der Waals surface area contributed by atoms with E-state index in [2.05, 4.69) is 22.9 Å². The highest BCUT2D eigenvalue weighted by molar-refractivity contribution is 6.34. The molecular weight excluding hydrogens is 234 g/mol. The van der Waals surface area contributed by atoms with E-state index in [0.29, 0.717) is 16.5 Å². The van der Waals surface area contributed by atoms with Crippen LogP contribution in [0.25, 0.3) is 0 Å². The molecule has 0 N–H and O–H groups in total. The zero-order valence-corrected chi connectivity index (χ0v) is 10.7. The van der Waals surface area contributed by atoms with Crippen molar-refractivity contribution in [1.82, 2.24) is 4.98 Å². The molecule has 0 bridgehead atoms. The van der Waals surface area contributed by atoms with Gasteiger partial charge in [0.2, 0.25) is 0 Å². The summed E-state index contributed by atoms with van der Waals surface area (Å²) in [6, 6.07) is 3.76. The average Bonchev–Trinajstić information content (AvgIpc) is 2.39. The monoisotopic (exact) mass is 249 g/mol. The normalized spacial score (nSPS) is 20.1. The largest absolute Gasteiger partial charge is 0.355 e. The maximum Gasteiger partial charge on any atom is 0.148 e. The number of hydrogen-bond donors (Lipinski definition) is 0. The second kappa shape index (κ2) is 5.37. The number of anilines is 1.